The number of carbonyl (C=O) groups excluding carboxylic acids is 1. The quantitative estimate of drug-likeness (QED) is 0.574. The first kappa shape index (κ1) is 12.4. The second-order valence-corrected chi connectivity index (χ2v) is 3.48. The molecule has 1 amide bonds. The number of hydrogen-bond donors (Lipinski definition) is 2. The van der Waals surface area contributed by atoms with Crippen molar-refractivity contribution < 1.29 is 19.4 Å². The van der Waals surface area contributed by atoms with Gasteiger partial charge in [0, 0.05) is 19.8 Å². The van der Waals surface area contributed by atoms with E-state index in [9.17, 15) is 4.79 Å². The lowest BCUT2D eigenvalue weighted by Gasteiger charge is -2.10. The largest absolute Gasteiger partial charge is 0.394 e. The topological polar surface area (TPSA) is 67.8 Å². The van der Waals surface area contributed by atoms with E-state index in [2.05, 4.69) is 5.32 Å². The summed E-state index contributed by atoms with van der Waals surface area (Å²) >= 11 is 0. The lowest BCUT2D eigenvalue weighted by molar-refractivity contribution is -0.130. The minimum Gasteiger partial charge on any atom is -0.394 e. The summed E-state index contributed by atoms with van der Waals surface area (Å²) in [6, 6.07) is 0. The standard InChI is InChI=1S/C10H19NO4/c12-5-8-14-6-2-4-11-10(13)9-3-1-7-15-9/h9,12H,1-8H2,(H,11,13)/t9-/m0/s1. The van der Waals surface area contributed by atoms with Gasteiger partial charge in [0.2, 0.25) is 5.91 Å². The number of nitrogens with one attached hydrogen (secondary N) is 1. The van der Waals surface area contributed by atoms with Crippen LogP contribution in [0.15, 0.2) is 0 Å². The summed E-state index contributed by atoms with van der Waals surface area (Å²) in [5.41, 5.74) is 0. The van der Waals surface area contributed by atoms with E-state index in [4.69, 9.17) is 14.6 Å². The molecular formula is C10H19NO4. The van der Waals surface area contributed by atoms with Gasteiger partial charge in [-0.25, -0.2) is 0 Å². The molecule has 88 valence electrons. The van der Waals surface area contributed by atoms with Gasteiger partial charge in [0.1, 0.15) is 6.10 Å². The average molecular weight is 217 g/mol. The van der Waals surface area contributed by atoms with Crippen LogP contribution in [0.4, 0.5) is 0 Å². The van der Waals surface area contributed by atoms with E-state index in [1.165, 1.54) is 0 Å². The van der Waals surface area contributed by atoms with Gasteiger partial charge in [0.15, 0.2) is 0 Å². The minimum atomic E-state index is -0.247. The summed E-state index contributed by atoms with van der Waals surface area (Å²) in [5.74, 6) is -0.0188. The van der Waals surface area contributed by atoms with Gasteiger partial charge in [-0.3, -0.25) is 4.79 Å². The smallest absolute Gasteiger partial charge is 0.249 e. The molecular weight excluding hydrogens is 198 g/mol. The summed E-state index contributed by atoms with van der Waals surface area (Å²) in [6.07, 6.45) is 2.31. The molecule has 1 fully saturated rings. The predicted molar refractivity (Wildman–Crippen MR) is 54.5 cm³/mol. The second-order valence-electron chi connectivity index (χ2n) is 3.48. The molecule has 5 heteroatoms. The normalized spacial score (nSPS) is 20.5. The van der Waals surface area contributed by atoms with Crippen molar-refractivity contribution in [2.75, 3.05) is 33.0 Å². The highest BCUT2D eigenvalue weighted by molar-refractivity contribution is 5.80. The Kier molecular flexibility index (Phi) is 6.31. The summed E-state index contributed by atoms with van der Waals surface area (Å²) in [7, 11) is 0. The Bertz CT molecular complexity index is 180. The van der Waals surface area contributed by atoms with Crippen molar-refractivity contribution in [2.45, 2.75) is 25.4 Å². The Morgan fingerprint density at radius 2 is 2.40 bits per heavy atom. The molecule has 2 N–H and O–H groups in total. The van der Waals surface area contributed by atoms with Crippen LogP contribution in [0.1, 0.15) is 19.3 Å². The van der Waals surface area contributed by atoms with Crippen LogP contribution >= 0.6 is 0 Å². The monoisotopic (exact) mass is 217 g/mol. The zero-order chi connectivity index (χ0) is 10.9. The third kappa shape index (κ3) is 5.11. The van der Waals surface area contributed by atoms with Crippen LogP contribution in [-0.4, -0.2) is 50.1 Å². The fourth-order valence-electron chi connectivity index (χ4n) is 1.45. The molecule has 0 aromatic carbocycles. The molecule has 1 saturated heterocycles. The Labute approximate surface area is 89.8 Å². The second kappa shape index (κ2) is 7.62. The van der Waals surface area contributed by atoms with Gasteiger partial charge in [-0.2, -0.15) is 0 Å². The Hall–Kier alpha value is -0.650. The minimum absolute atomic E-state index is 0.0188. The molecule has 1 aliphatic heterocycles. The highest BCUT2D eigenvalue weighted by Crippen LogP contribution is 2.11. The maximum atomic E-state index is 11.4. The molecule has 5 nitrogen and oxygen atoms in total. The fraction of sp³-hybridized carbons (Fsp3) is 0.900. The molecule has 15 heavy (non-hydrogen) atoms. The maximum Gasteiger partial charge on any atom is 0.249 e. The van der Waals surface area contributed by atoms with Crippen molar-refractivity contribution >= 4 is 5.91 Å². The summed E-state index contributed by atoms with van der Waals surface area (Å²) in [6.45, 7) is 2.26. The number of ether oxygens (including phenoxy) is 2. The van der Waals surface area contributed by atoms with E-state index < -0.39 is 0 Å². The Balaban J connectivity index is 1.92. The molecule has 0 aliphatic carbocycles. The van der Waals surface area contributed by atoms with Crippen molar-refractivity contribution in [1.82, 2.24) is 5.32 Å². The molecule has 0 saturated carbocycles. The molecule has 0 radical (unpaired) electrons. The van der Waals surface area contributed by atoms with Crippen LogP contribution in [0.2, 0.25) is 0 Å². The van der Waals surface area contributed by atoms with Crippen LogP contribution in [0.25, 0.3) is 0 Å². The highest BCUT2D eigenvalue weighted by Gasteiger charge is 2.22. The molecule has 0 aromatic rings. The zero-order valence-corrected chi connectivity index (χ0v) is 8.91. The van der Waals surface area contributed by atoms with Crippen molar-refractivity contribution in [3.63, 3.8) is 0 Å². The van der Waals surface area contributed by atoms with Gasteiger partial charge in [-0.15, -0.1) is 0 Å². The number of aliphatic hydroxyl groups excluding tert-OH is 1. The molecule has 1 rings (SSSR count). The van der Waals surface area contributed by atoms with Crippen LogP contribution in [0.3, 0.4) is 0 Å². The number of aliphatic hydroxyl groups is 1. The van der Waals surface area contributed by atoms with Crippen molar-refractivity contribution in [1.29, 1.82) is 0 Å². The summed E-state index contributed by atoms with van der Waals surface area (Å²) in [5, 5.41) is 11.2. The Morgan fingerprint density at radius 3 is 3.07 bits per heavy atom. The molecule has 1 aliphatic rings. The third-order valence-electron chi connectivity index (χ3n) is 2.22. The first-order valence-electron chi connectivity index (χ1n) is 5.42. The van der Waals surface area contributed by atoms with E-state index in [-0.39, 0.29) is 18.6 Å². The molecule has 0 spiro atoms. The van der Waals surface area contributed by atoms with Gasteiger partial charge in [0.25, 0.3) is 0 Å². The van der Waals surface area contributed by atoms with Crippen LogP contribution in [0, 0.1) is 0 Å². The maximum absolute atomic E-state index is 11.4. The van der Waals surface area contributed by atoms with Crippen molar-refractivity contribution in [2.24, 2.45) is 0 Å². The van der Waals surface area contributed by atoms with Gasteiger partial charge in [0.05, 0.1) is 13.2 Å². The average Bonchev–Trinajstić information content (AvgIpc) is 2.76. The van der Waals surface area contributed by atoms with Crippen LogP contribution < -0.4 is 5.32 Å². The van der Waals surface area contributed by atoms with E-state index in [1.807, 2.05) is 0 Å². The first-order valence-corrected chi connectivity index (χ1v) is 5.42. The van der Waals surface area contributed by atoms with Crippen molar-refractivity contribution in [3.05, 3.63) is 0 Å². The lowest BCUT2D eigenvalue weighted by Crippen LogP contribution is -2.35. The number of rotatable bonds is 7. The molecule has 0 aromatic heterocycles. The van der Waals surface area contributed by atoms with Gasteiger partial charge in [-0.05, 0) is 19.3 Å². The number of amides is 1. The van der Waals surface area contributed by atoms with Gasteiger partial charge < -0.3 is 19.9 Å². The fourth-order valence-corrected chi connectivity index (χ4v) is 1.45. The van der Waals surface area contributed by atoms with E-state index in [0.29, 0.717) is 26.4 Å². The molecule has 1 atom stereocenters. The van der Waals surface area contributed by atoms with Crippen LogP contribution in [-0.2, 0) is 14.3 Å². The van der Waals surface area contributed by atoms with Gasteiger partial charge >= 0.3 is 0 Å². The predicted octanol–water partition coefficient (Wildman–Crippen LogP) is -0.319. The molecule has 1 heterocycles. The van der Waals surface area contributed by atoms with Gasteiger partial charge in [-0.1, -0.05) is 0 Å². The highest BCUT2D eigenvalue weighted by atomic mass is 16.5. The zero-order valence-electron chi connectivity index (χ0n) is 8.91. The number of carbonyl (C=O) groups is 1. The summed E-state index contributed by atoms with van der Waals surface area (Å²) in [4.78, 5) is 11.4. The number of hydrogen-bond acceptors (Lipinski definition) is 4. The molecule has 0 unspecified atom stereocenters. The van der Waals surface area contributed by atoms with Crippen molar-refractivity contribution in [3.8, 4) is 0 Å². The summed E-state index contributed by atoms with van der Waals surface area (Å²) < 4.78 is 10.3. The molecule has 0 bridgehead atoms. The first-order chi connectivity index (χ1) is 7.34. The third-order valence-corrected chi connectivity index (χ3v) is 2.22. The van der Waals surface area contributed by atoms with E-state index in [1.54, 1.807) is 0 Å². The van der Waals surface area contributed by atoms with E-state index >= 15 is 0 Å². The van der Waals surface area contributed by atoms with Crippen LogP contribution in [0.5, 0.6) is 0 Å². The SMILES string of the molecule is O=C(NCCCOCCO)[C@@H]1CCCO1. The lowest BCUT2D eigenvalue weighted by atomic mass is 10.2. The Morgan fingerprint density at radius 1 is 1.53 bits per heavy atom. The van der Waals surface area contributed by atoms with E-state index in [0.717, 1.165) is 19.3 Å².